The number of fused-ring (bicyclic) bond motifs is 1. The van der Waals surface area contributed by atoms with Crippen LogP contribution in [0, 0.1) is 0 Å². The normalized spacial score (nSPS) is 16.9. The largest absolute Gasteiger partial charge is 0.497 e. The summed E-state index contributed by atoms with van der Waals surface area (Å²) in [6, 6.07) is 21.2. The molecule has 3 amide bonds. The predicted octanol–water partition coefficient (Wildman–Crippen LogP) is 5.11. The zero-order valence-electron chi connectivity index (χ0n) is 19.6. The first-order chi connectivity index (χ1) is 17.9. The molecular formula is C27H20ClN3O4S2. The van der Waals surface area contributed by atoms with Gasteiger partial charge in [0.1, 0.15) is 16.6 Å². The van der Waals surface area contributed by atoms with Gasteiger partial charge in [-0.2, -0.15) is 0 Å². The number of amides is 3. The number of nitrogens with zero attached hydrogens (tertiary/aromatic N) is 2. The number of halogens is 1. The molecule has 10 heteroatoms. The van der Waals surface area contributed by atoms with Crippen LogP contribution in [0.1, 0.15) is 11.1 Å². The molecule has 0 spiro atoms. The van der Waals surface area contributed by atoms with E-state index in [9.17, 15) is 14.4 Å². The zero-order chi connectivity index (χ0) is 26.1. The number of nitrogens with one attached hydrogen (secondary N) is 1. The van der Waals surface area contributed by atoms with E-state index in [0.29, 0.717) is 32.0 Å². The fourth-order valence-corrected chi connectivity index (χ4v) is 5.59. The van der Waals surface area contributed by atoms with Gasteiger partial charge in [-0.15, -0.1) is 0 Å². The molecule has 1 fully saturated rings. The van der Waals surface area contributed by atoms with Crippen molar-refractivity contribution in [1.82, 2.24) is 4.90 Å². The van der Waals surface area contributed by atoms with E-state index >= 15 is 0 Å². The van der Waals surface area contributed by atoms with Crippen LogP contribution in [0.15, 0.2) is 77.7 Å². The van der Waals surface area contributed by atoms with Crippen molar-refractivity contribution in [3.05, 3.63) is 93.9 Å². The van der Waals surface area contributed by atoms with E-state index in [0.717, 1.165) is 17.3 Å². The van der Waals surface area contributed by atoms with Crippen LogP contribution in [0.25, 0.3) is 5.57 Å². The molecule has 37 heavy (non-hydrogen) atoms. The molecule has 1 saturated heterocycles. The number of hydrogen-bond acceptors (Lipinski definition) is 6. The second kappa shape index (κ2) is 10.4. The van der Waals surface area contributed by atoms with Crippen molar-refractivity contribution in [3.8, 4) is 5.75 Å². The number of carbonyl (C=O) groups excluding carboxylic acids is 3. The van der Waals surface area contributed by atoms with Gasteiger partial charge in [0.05, 0.1) is 29.8 Å². The van der Waals surface area contributed by atoms with E-state index in [4.69, 9.17) is 28.6 Å². The van der Waals surface area contributed by atoms with Gasteiger partial charge in [-0.25, -0.2) is 0 Å². The lowest BCUT2D eigenvalue weighted by atomic mass is 10.1. The molecule has 1 N–H and O–H groups in total. The fourth-order valence-electron chi connectivity index (χ4n) is 4.13. The number of methoxy groups -OCH3 is 1. The van der Waals surface area contributed by atoms with Gasteiger partial charge in [-0.3, -0.25) is 24.2 Å². The highest BCUT2D eigenvalue weighted by molar-refractivity contribution is 8.26. The Labute approximate surface area is 228 Å². The minimum atomic E-state index is -0.419. The molecule has 3 aromatic rings. The van der Waals surface area contributed by atoms with Crippen molar-refractivity contribution in [2.24, 2.45) is 0 Å². The van der Waals surface area contributed by atoms with Crippen molar-refractivity contribution in [2.75, 3.05) is 23.9 Å². The third kappa shape index (κ3) is 4.98. The quantitative estimate of drug-likeness (QED) is 0.340. The first-order valence-corrected chi connectivity index (χ1v) is 12.8. The summed E-state index contributed by atoms with van der Waals surface area (Å²) in [6.45, 7) is 0.0581. The first kappa shape index (κ1) is 25.0. The lowest BCUT2D eigenvalue weighted by Crippen LogP contribution is -2.35. The first-order valence-electron chi connectivity index (χ1n) is 11.2. The summed E-state index contributed by atoms with van der Waals surface area (Å²) in [4.78, 5) is 43.0. The van der Waals surface area contributed by atoms with Crippen molar-refractivity contribution >= 4 is 74.6 Å². The molecule has 0 radical (unpaired) electrons. The van der Waals surface area contributed by atoms with E-state index in [1.165, 1.54) is 9.80 Å². The maximum absolute atomic E-state index is 13.6. The topological polar surface area (TPSA) is 79.0 Å². The Hall–Kier alpha value is -3.66. The van der Waals surface area contributed by atoms with Gasteiger partial charge in [-0.05, 0) is 48.0 Å². The molecule has 5 rings (SSSR count). The Morgan fingerprint density at radius 1 is 0.973 bits per heavy atom. The van der Waals surface area contributed by atoms with Gasteiger partial charge < -0.3 is 10.1 Å². The van der Waals surface area contributed by atoms with Crippen molar-refractivity contribution in [1.29, 1.82) is 0 Å². The van der Waals surface area contributed by atoms with Crippen molar-refractivity contribution < 1.29 is 19.1 Å². The highest BCUT2D eigenvalue weighted by Crippen LogP contribution is 2.44. The Morgan fingerprint density at radius 2 is 1.68 bits per heavy atom. The molecule has 2 aliphatic heterocycles. The van der Waals surface area contributed by atoms with Gasteiger partial charge in [0.15, 0.2) is 0 Å². The molecular weight excluding hydrogens is 530 g/mol. The van der Waals surface area contributed by atoms with Gasteiger partial charge in [0, 0.05) is 16.3 Å². The Bertz CT molecular complexity index is 1460. The fraction of sp³-hybridized carbons (Fsp3) is 0.111. The standard InChI is InChI=1S/C27H20ClN3O4S2/c1-35-19-12-6-16(7-13-19)14-31-26(34)24(37-27(31)36)23-20-4-2-3-5-21(20)30(25(23)33)15-22(32)29-18-10-8-17(28)9-11-18/h2-13H,14-15H2,1H3,(H,29,32). The summed E-state index contributed by atoms with van der Waals surface area (Å²) in [6.07, 6.45) is 0. The third-order valence-corrected chi connectivity index (χ3v) is 7.63. The summed E-state index contributed by atoms with van der Waals surface area (Å²) < 4.78 is 5.56. The number of thioether (sulfide) groups is 1. The summed E-state index contributed by atoms with van der Waals surface area (Å²) in [7, 11) is 1.59. The van der Waals surface area contributed by atoms with Crippen LogP contribution in [-0.2, 0) is 20.9 Å². The minimum Gasteiger partial charge on any atom is -0.497 e. The second-order valence-corrected chi connectivity index (χ2v) is 10.4. The molecule has 3 aromatic carbocycles. The van der Waals surface area contributed by atoms with E-state index in [-0.39, 0.29) is 35.4 Å². The summed E-state index contributed by atoms with van der Waals surface area (Å²) in [5.41, 5.74) is 2.85. The highest BCUT2D eigenvalue weighted by Gasteiger charge is 2.42. The van der Waals surface area contributed by atoms with Gasteiger partial charge >= 0.3 is 0 Å². The average molecular weight is 550 g/mol. The summed E-state index contributed by atoms with van der Waals surface area (Å²) >= 11 is 12.5. The second-order valence-electron chi connectivity index (χ2n) is 8.27. The molecule has 0 atom stereocenters. The van der Waals surface area contributed by atoms with Crippen molar-refractivity contribution in [2.45, 2.75) is 6.54 Å². The molecule has 0 saturated carbocycles. The van der Waals surface area contributed by atoms with Gasteiger partial charge in [0.25, 0.3) is 11.8 Å². The molecule has 2 aliphatic rings. The van der Waals surface area contributed by atoms with Gasteiger partial charge in [-0.1, -0.05) is 65.9 Å². The number of carbonyl (C=O) groups is 3. The van der Waals surface area contributed by atoms with Crippen LogP contribution in [0.2, 0.25) is 5.02 Å². The maximum atomic E-state index is 13.6. The van der Waals surface area contributed by atoms with Crippen LogP contribution in [0.4, 0.5) is 11.4 Å². The number of benzene rings is 3. The monoisotopic (exact) mass is 549 g/mol. The Balaban J connectivity index is 1.40. The SMILES string of the molecule is COc1ccc(CN2C(=O)C(=C3C(=O)N(CC(=O)Nc4ccc(Cl)cc4)c4ccccc43)SC2=S)cc1. The number of thiocarbonyl (C=S) groups is 1. The lowest BCUT2D eigenvalue weighted by molar-refractivity contribution is -0.122. The molecule has 0 aliphatic carbocycles. The van der Waals surface area contributed by atoms with E-state index < -0.39 is 5.91 Å². The molecule has 0 aromatic heterocycles. The molecule has 186 valence electrons. The van der Waals surface area contributed by atoms with Crippen LogP contribution < -0.4 is 15.0 Å². The van der Waals surface area contributed by atoms with E-state index in [1.807, 2.05) is 24.3 Å². The zero-order valence-corrected chi connectivity index (χ0v) is 22.0. The van der Waals surface area contributed by atoms with E-state index in [1.54, 1.807) is 55.6 Å². The molecule has 7 nitrogen and oxygen atoms in total. The maximum Gasteiger partial charge on any atom is 0.267 e. The predicted molar refractivity (Wildman–Crippen MR) is 150 cm³/mol. The number of hydrogen-bond donors (Lipinski definition) is 1. The molecule has 0 unspecified atom stereocenters. The van der Waals surface area contributed by atoms with Crippen LogP contribution in [0.5, 0.6) is 5.75 Å². The van der Waals surface area contributed by atoms with Gasteiger partial charge in [0.2, 0.25) is 5.91 Å². The number of ether oxygens (including phenoxy) is 1. The van der Waals surface area contributed by atoms with Crippen LogP contribution in [0.3, 0.4) is 0 Å². The summed E-state index contributed by atoms with van der Waals surface area (Å²) in [5.74, 6) is -0.419. The molecule has 2 heterocycles. The Kier molecular flexibility index (Phi) is 7.01. The number of rotatable bonds is 6. The van der Waals surface area contributed by atoms with E-state index in [2.05, 4.69) is 5.32 Å². The summed E-state index contributed by atoms with van der Waals surface area (Å²) in [5, 5.41) is 3.32. The molecule has 0 bridgehead atoms. The third-order valence-electron chi connectivity index (χ3n) is 5.93. The lowest BCUT2D eigenvalue weighted by Gasteiger charge is -2.17. The van der Waals surface area contributed by atoms with Crippen molar-refractivity contribution in [3.63, 3.8) is 0 Å². The van der Waals surface area contributed by atoms with Crippen LogP contribution >= 0.6 is 35.6 Å². The van der Waals surface area contributed by atoms with Crippen LogP contribution in [-0.4, -0.2) is 40.6 Å². The smallest absolute Gasteiger partial charge is 0.267 e. The Morgan fingerprint density at radius 3 is 2.38 bits per heavy atom. The minimum absolute atomic E-state index is 0.214. The number of para-hydroxylation sites is 1. The number of anilines is 2. The highest BCUT2D eigenvalue weighted by atomic mass is 35.5. The average Bonchev–Trinajstić information content (AvgIpc) is 3.33.